The summed E-state index contributed by atoms with van der Waals surface area (Å²) in [6, 6.07) is 5.87. The van der Waals surface area contributed by atoms with E-state index in [0.717, 1.165) is 62.4 Å². The second kappa shape index (κ2) is 8.99. The van der Waals surface area contributed by atoms with E-state index in [1.165, 1.54) is 6.42 Å². The van der Waals surface area contributed by atoms with Crippen molar-refractivity contribution in [1.82, 2.24) is 19.8 Å². The minimum atomic E-state index is 0.0581. The Hall–Kier alpha value is -1.69. The van der Waals surface area contributed by atoms with Gasteiger partial charge in [0, 0.05) is 25.8 Å². The number of rotatable bonds is 4. The third-order valence-corrected chi connectivity index (χ3v) is 6.80. The third kappa shape index (κ3) is 4.42. The molecule has 1 atom stereocenters. The average molecular weight is 433 g/mol. The quantitative estimate of drug-likeness (QED) is 0.677. The summed E-state index contributed by atoms with van der Waals surface area (Å²) in [5.41, 5.74) is 2.40. The summed E-state index contributed by atoms with van der Waals surface area (Å²) >= 11 is 12.6. The van der Waals surface area contributed by atoms with Crippen molar-refractivity contribution in [3.63, 3.8) is 0 Å². The number of piperidine rings is 1. The molecule has 1 aromatic heterocycles. The number of hydrogen-bond donors (Lipinski definition) is 0. The van der Waals surface area contributed by atoms with E-state index < -0.39 is 0 Å². The summed E-state index contributed by atoms with van der Waals surface area (Å²) < 4.78 is 0. The molecule has 0 aliphatic carbocycles. The van der Waals surface area contributed by atoms with Crippen LogP contribution in [0, 0.1) is 6.92 Å². The molecule has 2 fully saturated rings. The van der Waals surface area contributed by atoms with Gasteiger partial charge in [0.05, 0.1) is 27.3 Å². The molecule has 1 amide bonds. The standard InChI is InChI=1S/C22H26Cl2N4O/c1-15-17(22(29)27-10-3-2-4-11-27)13-25-21(26-15)19-9-6-12-28(19)14-16-7-5-8-18(23)20(16)24/h5,7-8,13,19H,2-4,6,9-12,14H2,1H3. The maximum Gasteiger partial charge on any atom is 0.257 e. The summed E-state index contributed by atoms with van der Waals surface area (Å²) in [6.07, 6.45) is 7.15. The van der Waals surface area contributed by atoms with Gasteiger partial charge in [0.15, 0.2) is 0 Å². The zero-order valence-corrected chi connectivity index (χ0v) is 18.2. The third-order valence-electron chi connectivity index (χ3n) is 5.94. The van der Waals surface area contributed by atoms with Crippen molar-refractivity contribution in [3.8, 4) is 0 Å². The largest absolute Gasteiger partial charge is 0.339 e. The van der Waals surface area contributed by atoms with Crippen molar-refractivity contribution in [1.29, 1.82) is 0 Å². The second-order valence-electron chi connectivity index (χ2n) is 7.92. The highest BCUT2D eigenvalue weighted by molar-refractivity contribution is 6.42. The molecule has 154 valence electrons. The molecule has 0 bridgehead atoms. The summed E-state index contributed by atoms with van der Waals surface area (Å²) in [7, 11) is 0. The zero-order valence-electron chi connectivity index (χ0n) is 16.7. The first-order chi connectivity index (χ1) is 14.0. The molecule has 29 heavy (non-hydrogen) atoms. The monoisotopic (exact) mass is 432 g/mol. The maximum absolute atomic E-state index is 12.8. The van der Waals surface area contributed by atoms with Gasteiger partial charge in [-0.2, -0.15) is 0 Å². The predicted molar refractivity (Wildman–Crippen MR) is 115 cm³/mol. The van der Waals surface area contributed by atoms with Gasteiger partial charge in [0.2, 0.25) is 0 Å². The Morgan fingerprint density at radius 1 is 1.14 bits per heavy atom. The number of halogens is 2. The Kier molecular flexibility index (Phi) is 6.38. The second-order valence-corrected chi connectivity index (χ2v) is 8.71. The minimum absolute atomic E-state index is 0.0581. The van der Waals surface area contributed by atoms with Gasteiger partial charge in [-0.15, -0.1) is 0 Å². The van der Waals surface area contributed by atoms with Crippen LogP contribution < -0.4 is 0 Å². The molecule has 2 aliphatic heterocycles. The summed E-state index contributed by atoms with van der Waals surface area (Å²) in [4.78, 5) is 26.5. The van der Waals surface area contributed by atoms with Crippen molar-refractivity contribution in [2.24, 2.45) is 0 Å². The van der Waals surface area contributed by atoms with Crippen LogP contribution >= 0.6 is 23.2 Å². The van der Waals surface area contributed by atoms with Gasteiger partial charge in [-0.3, -0.25) is 9.69 Å². The highest BCUT2D eigenvalue weighted by Gasteiger charge is 2.30. The van der Waals surface area contributed by atoms with Gasteiger partial charge in [-0.25, -0.2) is 9.97 Å². The number of aromatic nitrogens is 2. The highest BCUT2D eigenvalue weighted by atomic mass is 35.5. The lowest BCUT2D eigenvalue weighted by molar-refractivity contribution is 0.0722. The molecule has 1 unspecified atom stereocenters. The molecule has 7 heteroatoms. The molecule has 0 spiro atoms. The van der Waals surface area contributed by atoms with Gasteiger partial charge in [0.1, 0.15) is 5.82 Å². The SMILES string of the molecule is Cc1nc(C2CCCN2Cc2cccc(Cl)c2Cl)ncc1C(=O)N1CCCCC1. The molecule has 2 aromatic rings. The van der Waals surface area contributed by atoms with E-state index >= 15 is 0 Å². The predicted octanol–water partition coefficient (Wildman–Crippen LogP) is 5.06. The first-order valence-corrected chi connectivity index (χ1v) is 11.1. The van der Waals surface area contributed by atoms with E-state index in [2.05, 4.69) is 9.88 Å². The molecule has 3 heterocycles. The minimum Gasteiger partial charge on any atom is -0.339 e. The van der Waals surface area contributed by atoms with Crippen molar-refractivity contribution in [2.75, 3.05) is 19.6 Å². The van der Waals surface area contributed by atoms with E-state index in [9.17, 15) is 4.79 Å². The van der Waals surface area contributed by atoms with Crippen molar-refractivity contribution in [2.45, 2.75) is 51.6 Å². The van der Waals surface area contributed by atoms with Crippen LogP contribution in [0.1, 0.15) is 65.6 Å². The lowest BCUT2D eigenvalue weighted by Gasteiger charge is -2.27. The summed E-state index contributed by atoms with van der Waals surface area (Å²) in [5, 5.41) is 1.19. The van der Waals surface area contributed by atoms with Gasteiger partial charge < -0.3 is 4.90 Å². The first kappa shape index (κ1) is 20.6. The van der Waals surface area contributed by atoms with E-state index in [-0.39, 0.29) is 11.9 Å². The number of benzene rings is 1. The molecule has 2 aliphatic rings. The number of amides is 1. The zero-order chi connectivity index (χ0) is 20.4. The van der Waals surface area contributed by atoms with E-state index in [4.69, 9.17) is 28.2 Å². The molecular weight excluding hydrogens is 407 g/mol. The molecule has 0 N–H and O–H groups in total. The Labute approximate surface area is 182 Å². The Bertz CT molecular complexity index is 898. The van der Waals surface area contributed by atoms with Crippen LogP contribution in [0.5, 0.6) is 0 Å². The number of hydrogen-bond acceptors (Lipinski definition) is 4. The molecule has 5 nitrogen and oxygen atoms in total. The number of aryl methyl sites for hydroxylation is 1. The fourth-order valence-corrected chi connectivity index (χ4v) is 4.70. The van der Waals surface area contributed by atoms with E-state index in [1.54, 1.807) is 12.3 Å². The fraction of sp³-hybridized carbons (Fsp3) is 0.500. The topological polar surface area (TPSA) is 49.3 Å². The molecular formula is C22H26Cl2N4O. The fourth-order valence-electron chi connectivity index (χ4n) is 4.32. The molecule has 1 aromatic carbocycles. The van der Waals surface area contributed by atoms with Crippen LogP contribution in [-0.2, 0) is 6.54 Å². The number of nitrogens with zero attached hydrogens (tertiary/aromatic N) is 4. The molecule has 0 saturated carbocycles. The van der Waals surface area contributed by atoms with Gasteiger partial charge >= 0.3 is 0 Å². The number of carbonyl (C=O) groups is 1. The van der Waals surface area contributed by atoms with Gasteiger partial charge in [-0.05, 0) is 57.2 Å². The molecule has 2 saturated heterocycles. The summed E-state index contributed by atoms with van der Waals surface area (Å²) in [6.45, 7) is 5.24. The Balaban J connectivity index is 1.52. The molecule has 0 radical (unpaired) electrons. The van der Waals surface area contributed by atoms with Gasteiger partial charge in [0.25, 0.3) is 5.91 Å². The average Bonchev–Trinajstić information content (AvgIpc) is 3.20. The van der Waals surface area contributed by atoms with Crippen molar-refractivity contribution >= 4 is 29.1 Å². The van der Waals surface area contributed by atoms with Crippen LogP contribution in [0.3, 0.4) is 0 Å². The number of likely N-dealkylation sites (tertiary alicyclic amines) is 2. The van der Waals surface area contributed by atoms with Crippen molar-refractivity contribution in [3.05, 3.63) is 57.1 Å². The lowest BCUT2D eigenvalue weighted by Crippen LogP contribution is -2.36. The smallest absolute Gasteiger partial charge is 0.257 e. The number of carbonyl (C=O) groups excluding carboxylic acids is 1. The van der Waals surface area contributed by atoms with Crippen LogP contribution in [0.4, 0.5) is 0 Å². The van der Waals surface area contributed by atoms with E-state index in [0.29, 0.717) is 22.2 Å². The maximum atomic E-state index is 12.8. The molecule has 4 rings (SSSR count). The van der Waals surface area contributed by atoms with Crippen LogP contribution in [0.2, 0.25) is 10.0 Å². The van der Waals surface area contributed by atoms with E-state index in [1.807, 2.05) is 24.0 Å². The van der Waals surface area contributed by atoms with Crippen LogP contribution in [-0.4, -0.2) is 45.3 Å². The van der Waals surface area contributed by atoms with Crippen LogP contribution in [0.25, 0.3) is 0 Å². The van der Waals surface area contributed by atoms with Crippen molar-refractivity contribution < 1.29 is 4.79 Å². The highest BCUT2D eigenvalue weighted by Crippen LogP contribution is 2.34. The Morgan fingerprint density at radius 2 is 1.93 bits per heavy atom. The Morgan fingerprint density at radius 3 is 2.69 bits per heavy atom. The van der Waals surface area contributed by atoms with Gasteiger partial charge in [-0.1, -0.05) is 35.3 Å². The first-order valence-electron chi connectivity index (χ1n) is 10.3. The normalized spacial score (nSPS) is 20.2. The summed E-state index contributed by atoms with van der Waals surface area (Å²) in [5.74, 6) is 0.844. The lowest BCUT2D eigenvalue weighted by atomic mass is 10.1. The van der Waals surface area contributed by atoms with Crippen LogP contribution in [0.15, 0.2) is 24.4 Å².